The Morgan fingerprint density at radius 1 is 1.35 bits per heavy atom. The first-order chi connectivity index (χ1) is 8.24. The molecule has 0 fully saturated rings. The zero-order valence-electron chi connectivity index (χ0n) is 9.51. The molecule has 2 rings (SSSR count). The van der Waals surface area contributed by atoms with Crippen molar-refractivity contribution in [3.05, 3.63) is 53.3 Å². The average Bonchev–Trinajstić information content (AvgIpc) is 2.38. The number of nitrogens with two attached hydrogens (primary N) is 1. The van der Waals surface area contributed by atoms with Crippen molar-refractivity contribution in [1.82, 2.24) is 9.97 Å². The van der Waals surface area contributed by atoms with Crippen molar-refractivity contribution in [3.8, 4) is 11.3 Å². The predicted octanol–water partition coefficient (Wildman–Crippen LogP) is 2.46. The molecule has 0 aliphatic heterocycles. The van der Waals surface area contributed by atoms with Gasteiger partial charge in [0, 0.05) is 24.6 Å². The molecule has 0 atom stereocenters. The summed E-state index contributed by atoms with van der Waals surface area (Å²) in [6.07, 6.45) is 3.43. The van der Waals surface area contributed by atoms with Crippen LogP contribution in [0.5, 0.6) is 0 Å². The van der Waals surface area contributed by atoms with Crippen LogP contribution in [0.2, 0.25) is 0 Å². The van der Waals surface area contributed by atoms with Gasteiger partial charge in [-0.15, -0.1) is 0 Å². The molecule has 84 valence electrons. The highest BCUT2D eigenvalue weighted by atomic mass is 14.8. The summed E-state index contributed by atoms with van der Waals surface area (Å²) in [6, 6.07) is 5.55. The van der Waals surface area contributed by atoms with E-state index in [0.717, 1.165) is 16.8 Å². The quantitative estimate of drug-likeness (QED) is 0.797. The lowest BCUT2D eigenvalue weighted by Crippen LogP contribution is -1.97. The first-order valence-electron chi connectivity index (χ1n) is 5.24. The number of rotatable bonds is 2. The molecule has 2 N–H and O–H groups in total. The number of nitrogens with zero attached hydrogens (tertiary/aromatic N) is 3. The topological polar surface area (TPSA) is 56.2 Å². The van der Waals surface area contributed by atoms with E-state index < -0.39 is 0 Å². The predicted molar refractivity (Wildman–Crippen MR) is 66.4 cm³/mol. The average molecular weight is 224 g/mol. The number of aromatic nitrogens is 2. The van der Waals surface area contributed by atoms with Gasteiger partial charge >= 0.3 is 0 Å². The molecule has 0 bridgehead atoms. The molecule has 0 saturated heterocycles. The van der Waals surface area contributed by atoms with Gasteiger partial charge < -0.3 is 5.73 Å². The van der Waals surface area contributed by atoms with Gasteiger partial charge in [0.2, 0.25) is 5.69 Å². The zero-order chi connectivity index (χ0) is 12.3. The largest absolute Gasteiger partial charge is 0.326 e. The minimum atomic E-state index is 0.394. The number of pyridine rings is 2. The zero-order valence-corrected chi connectivity index (χ0v) is 9.51. The van der Waals surface area contributed by atoms with Crippen molar-refractivity contribution in [2.75, 3.05) is 0 Å². The molecule has 0 spiro atoms. The molecule has 0 aliphatic rings. The third kappa shape index (κ3) is 2.30. The molecule has 0 amide bonds. The van der Waals surface area contributed by atoms with Crippen LogP contribution in [0.1, 0.15) is 11.3 Å². The fourth-order valence-electron chi connectivity index (χ4n) is 1.61. The normalized spacial score (nSPS) is 9.94. The van der Waals surface area contributed by atoms with Crippen LogP contribution < -0.4 is 5.73 Å². The fourth-order valence-corrected chi connectivity index (χ4v) is 1.61. The molecular weight excluding hydrogens is 212 g/mol. The molecule has 0 aliphatic carbocycles. The maximum absolute atomic E-state index is 7.19. The summed E-state index contributed by atoms with van der Waals surface area (Å²) < 4.78 is 0. The molecular formula is C13H12N4. The third-order valence-corrected chi connectivity index (χ3v) is 2.45. The first kappa shape index (κ1) is 11.2. The highest BCUT2D eigenvalue weighted by Gasteiger charge is 2.08. The van der Waals surface area contributed by atoms with Crippen LogP contribution in [0.4, 0.5) is 5.69 Å². The van der Waals surface area contributed by atoms with Crippen molar-refractivity contribution >= 4 is 5.69 Å². The lowest BCUT2D eigenvalue weighted by molar-refractivity contribution is 1.05. The van der Waals surface area contributed by atoms with Gasteiger partial charge in [0.15, 0.2) is 0 Å². The van der Waals surface area contributed by atoms with Crippen molar-refractivity contribution in [2.45, 2.75) is 13.5 Å². The summed E-state index contributed by atoms with van der Waals surface area (Å²) in [5.74, 6) is 0. The van der Waals surface area contributed by atoms with E-state index in [1.165, 1.54) is 0 Å². The fraction of sp³-hybridized carbons (Fsp3) is 0.154. The Bertz CT molecular complexity index is 584. The van der Waals surface area contributed by atoms with E-state index in [1.54, 1.807) is 18.5 Å². The maximum atomic E-state index is 7.19. The second kappa shape index (κ2) is 4.73. The van der Waals surface area contributed by atoms with Crippen LogP contribution in [0.15, 0.2) is 30.6 Å². The second-order valence-electron chi connectivity index (χ2n) is 3.71. The van der Waals surface area contributed by atoms with E-state index in [0.29, 0.717) is 17.9 Å². The summed E-state index contributed by atoms with van der Waals surface area (Å²) >= 11 is 0. The Hall–Kier alpha value is -2.25. The third-order valence-electron chi connectivity index (χ3n) is 2.45. The van der Waals surface area contributed by atoms with E-state index >= 15 is 0 Å². The van der Waals surface area contributed by atoms with Gasteiger partial charge in [-0.05, 0) is 36.2 Å². The molecule has 17 heavy (non-hydrogen) atoms. The van der Waals surface area contributed by atoms with Crippen LogP contribution in [-0.2, 0) is 6.54 Å². The van der Waals surface area contributed by atoms with Crippen molar-refractivity contribution in [1.29, 1.82) is 0 Å². The van der Waals surface area contributed by atoms with Crippen molar-refractivity contribution < 1.29 is 0 Å². The molecule has 4 nitrogen and oxygen atoms in total. The minimum Gasteiger partial charge on any atom is -0.326 e. The van der Waals surface area contributed by atoms with Gasteiger partial charge in [-0.25, -0.2) is 4.85 Å². The van der Waals surface area contributed by atoms with E-state index in [2.05, 4.69) is 14.8 Å². The summed E-state index contributed by atoms with van der Waals surface area (Å²) in [7, 11) is 0. The SMILES string of the molecule is [C-]#[N+]c1cc(CN)cnc1-c1ccnc(C)c1. The molecule has 2 heterocycles. The molecule has 0 radical (unpaired) electrons. The van der Waals surface area contributed by atoms with Gasteiger partial charge in [-0.3, -0.25) is 9.97 Å². The number of hydrogen-bond acceptors (Lipinski definition) is 3. The van der Waals surface area contributed by atoms with Crippen molar-refractivity contribution in [3.63, 3.8) is 0 Å². The lowest BCUT2D eigenvalue weighted by Gasteiger charge is -2.05. The maximum Gasteiger partial charge on any atom is 0.213 e. The van der Waals surface area contributed by atoms with E-state index in [1.807, 2.05) is 19.1 Å². The number of hydrogen-bond donors (Lipinski definition) is 1. The van der Waals surface area contributed by atoms with Crippen LogP contribution in [0, 0.1) is 13.5 Å². The second-order valence-corrected chi connectivity index (χ2v) is 3.71. The first-order valence-corrected chi connectivity index (χ1v) is 5.24. The molecule has 0 saturated carbocycles. The molecule has 2 aromatic rings. The Labute approximate surface area is 100.0 Å². The molecule has 0 aromatic carbocycles. The van der Waals surface area contributed by atoms with Crippen LogP contribution in [-0.4, -0.2) is 9.97 Å². The lowest BCUT2D eigenvalue weighted by atomic mass is 10.1. The van der Waals surface area contributed by atoms with E-state index in [9.17, 15) is 0 Å². The van der Waals surface area contributed by atoms with Gasteiger partial charge in [0.1, 0.15) is 0 Å². The minimum absolute atomic E-state index is 0.394. The summed E-state index contributed by atoms with van der Waals surface area (Å²) in [5, 5.41) is 0. The Balaban J connectivity index is 2.56. The summed E-state index contributed by atoms with van der Waals surface area (Å²) in [4.78, 5) is 11.9. The van der Waals surface area contributed by atoms with Crippen LogP contribution in [0.25, 0.3) is 16.1 Å². The van der Waals surface area contributed by atoms with Crippen LogP contribution >= 0.6 is 0 Å². The Kier molecular flexibility index (Phi) is 3.12. The van der Waals surface area contributed by atoms with E-state index in [-0.39, 0.29) is 0 Å². The summed E-state index contributed by atoms with van der Waals surface area (Å²) in [6.45, 7) is 9.49. The van der Waals surface area contributed by atoms with Gasteiger partial charge in [-0.2, -0.15) is 0 Å². The Morgan fingerprint density at radius 2 is 2.18 bits per heavy atom. The number of aryl methyl sites for hydroxylation is 1. The van der Waals surface area contributed by atoms with E-state index in [4.69, 9.17) is 12.3 Å². The highest BCUT2D eigenvalue weighted by molar-refractivity contribution is 5.75. The standard InChI is InChI=1S/C13H12N4/c1-9-5-11(3-4-16-9)13-12(15-2)6-10(7-14)8-17-13/h3-6,8H,7,14H2,1H3. The highest BCUT2D eigenvalue weighted by Crippen LogP contribution is 2.28. The van der Waals surface area contributed by atoms with Gasteiger partial charge in [-0.1, -0.05) is 0 Å². The van der Waals surface area contributed by atoms with Gasteiger partial charge in [0.25, 0.3) is 0 Å². The monoisotopic (exact) mass is 224 g/mol. The molecule has 2 aromatic heterocycles. The van der Waals surface area contributed by atoms with Crippen LogP contribution in [0.3, 0.4) is 0 Å². The van der Waals surface area contributed by atoms with Gasteiger partial charge in [0.05, 0.1) is 12.3 Å². The summed E-state index contributed by atoms with van der Waals surface area (Å²) in [5.41, 5.74) is 9.42. The smallest absolute Gasteiger partial charge is 0.213 e. The molecule has 0 unspecified atom stereocenters. The molecule has 4 heteroatoms. The Morgan fingerprint density at radius 3 is 2.82 bits per heavy atom. The van der Waals surface area contributed by atoms with Crippen molar-refractivity contribution in [2.24, 2.45) is 5.73 Å².